The van der Waals surface area contributed by atoms with E-state index in [-0.39, 0.29) is 12.0 Å². The minimum Gasteiger partial charge on any atom is -0.490 e. The summed E-state index contributed by atoms with van der Waals surface area (Å²) in [6.07, 6.45) is 2.46. The molecule has 19 heavy (non-hydrogen) atoms. The van der Waals surface area contributed by atoms with Crippen LogP contribution in [0.15, 0.2) is 22.7 Å². The zero-order chi connectivity index (χ0) is 13.8. The first kappa shape index (κ1) is 14.1. The Morgan fingerprint density at radius 2 is 2.11 bits per heavy atom. The lowest BCUT2D eigenvalue weighted by atomic mass is 10.1. The van der Waals surface area contributed by atoms with Crippen molar-refractivity contribution in [1.29, 1.82) is 0 Å². The first-order chi connectivity index (χ1) is 9.10. The van der Waals surface area contributed by atoms with Crippen molar-refractivity contribution in [3.8, 4) is 5.75 Å². The maximum atomic E-state index is 11.2. The molecule has 1 aliphatic rings. The Labute approximate surface area is 120 Å². The molecule has 0 unspecified atom stereocenters. The number of carbonyl (C=O) groups excluding carboxylic acids is 2. The molecule has 1 aliphatic heterocycles. The summed E-state index contributed by atoms with van der Waals surface area (Å²) in [4.78, 5) is 24.1. The van der Waals surface area contributed by atoms with Gasteiger partial charge in [0, 0.05) is 37.3 Å². The first-order valence-electron chi connectivity index (χ1n) is 6.27. The van der Waals surface area contributed by atoms with E-state index >= 15 is 0 Å². The van der Waals surface area contributed by atoms with Gasteiger partial charge < -0.3 is 9.64 Å². The molecule has 0 aliphatic carbocycles. The third-order valence-electron chi connectivity index (χ3n) is 3.28. The Bertz CT molecular complexity index is 482. The van der Waals surface area contributed by atoms with Crippen molar-refractivity contribution in [1.82, 2.24) is 4.90 Å². The molecule has 5 heteroatoms. The molecule has 102 valence electrons. The minimum atomic E-state index is 0.0653. The van der Waals surface area contributed by atoms with Crippen molar-refractivity contribution in [3.63, 3.8) is 0 Å². The highest BCUT2D eigenvalue weighted by Crippen LogP contribution is 2.25. The van der Waals surface area contributed by atoms with E-state index in [1.165, 1.54) is 0 Å². The number of piperidine rings is 1. The van der Waals surface area contributed by atoms with Crippen LogP contribution in [0.2, 0.25) is 0 Å². The largest absolute Gasteiger partial charge is 0.490 e. The average Bonchev–Trinajstić information content (AvgIpc) is 2.41. The quantitative estimate of drug-likeness (QED) is 0.802. The van der Waals surface area contributed by atoms with Crippen LogP contribution in [0.5, 0.6) is 5.75 Å². The van der Waals surface area contributed by atoms with Crippen molar-refractivity contribution < 1.29 is 14.3 Å². The molecule has 1 aromatic carbocycles. The monoisotopic (exact) mass is 325 g/mol. The molecule has 1 heterocycles. The normalized spacial score (nSPS) is 16.2. The molecular formula is C14H16BrNO3. The number of hydrogen-bond acceptors (Lipinski definition) is 3. The molecule has 0 aromatic heterocycles. The van der Waals surface area contributed by atoms with Crippen molar-refractivity contribution in [2.45, 2.75) is 25.9 Å². The number of benzene rings is 1. The zero-order valence-electron chi connectivity index (χ0n) is 10.8. The molecule has 0 saturated carbocycles. The third-order valence-corrected chi connectivity index (χ3v) is 3.77. The van der Waals surface area contributed by atoms with E-state index in [2.05, 4.69) is 15.9 Å². The first-order valence-corrected chi connectivity index (χ1v) is 7.06. The second-order valence-corrected chi connectivity index (χ2v) is 5.54. The number of likely N-dealkylation sites (tertiary alicyclic amines) is 1. The summed E-state index contributed by atoms with van der Waals surface area (Å²) in [7, 11) is 0. The average molecular weight is 326 g/mol. The van der Waals surface area contributed by atoms with Gasteiger partial charge in [-0.3, -0.25) is 9.59 Å². The van der Waals surface area contributed by atoms with Gasteiger partial charge in [-0.05, 0) is 18.2 Å². The maximum absolute atomic E-state index is 11.2. The highest BCUT2D eigenvalue weighted by atomic mass is 79.9. The van der Waals surface area contributed by atoms with Crippen molar-refractivity contribution in [2.24, 2.45) is 0 Å². The molecule has 0 spiro atoms. The summed E-state index contributed by atoms with van der Waals surface area (Å²) in [5.74, 6) is 0.718. The van der Waals surface area contributed by atoms with Crippen LogP contribution in [0.4, 0.5) is 0 Å². The van der Waals surface area contributed by atoms with Crippen LogP contribution in [0.3, 0.4) is 0 Å². The van der Waals surface area contributed by atoms with E-state index < -0.39 is 0 Å². The van der Waals surface area contributed by atoms with E-state index in [9.17, 15) is 9.59 Å². The van der Waals surface area contributed by atoms with Gasteiger partial charge in [-0.25, -0.2) is 0 Å². The minimum absolute atomic E-state index is 0.0653. The van der Waals surface area contributed by atoms with E-state index in [4.69, 9.17) is 4.74 Å². The summed E-state index contributed by atoms with van der Waals surface area (Å²) in [5.41, 5.74) is 0.545. The molecule has 1 amide bonds. The molecule has 0 radical (unpaired) electrons. The van der Waals surface area contributed by atoms with Gasteiger partial charge in [0.05, 0.1) is 5.56 Å². The second kappa shape index (κ2) is 6.19. The van der Waals surface area contributed by atoms with E-state index in [0.29, 0.717) is 24.4 Å². The maximum Gasteiger partial charge on any atom is 0.219 e. The summed E-state index contributed by atoms with van der Waals surface area (Å²) >= 11 is 3.33. The van der Waals surface area contributed by atoms with Gasteiger partial charge in [-0.15, -0.1) is 0 Å². The van der Waals surface area contributed by atoms with E-state index in [1.807, 2.05) is 11.0 Å². The Morgan fingerprint density at radius 3 is 2.68 bits per heavy atom. The zero-order valence-corrected chi connectivity index (χ0v) is 12.4. The number of halogens is 1. The standard InChI is InChI=1S/C14H16BrNO3/c1-10(18)16-6-4-13(5-7-16)19-14-3-2-12(15)8-11(14)9-17/h2-3,8-9,13H,4-7H2,1H3. The van der Waals surface area contributed by atoms with E-state index in [1.54, 1.807) is 19.1 Å². The Morgan fingerprint density at radius 1 is 1.42 bits per heavy atom. The topological polar surface area (TPSA) is 46.6 Å². The molecular weight excluding hydrogens is 310 g/mol. The lowest BCUT2D eigenvalue weighted by molar-refractivity contribution is -0.130. The number of aldehydes is 1. The van der Waals surface area contributed by atoms with Crippen LogP contribution in [-0.4, -0.2) is 36.3 Å². The predicted molar refractivity (Wildman–Crippen MR) is 75.4 cm³/mol. The smallest absolute Gasteiger partial charge is 0.219 e. The molecule has 0 atom stereocenters. The van der Waals surface area contributed by atoms with Crippen LogP contribution < -0.4 is 4.74 Å². The molecule has 1 saturated heterocycles. The van der Waals surface area contributed by atoms with Crippen molar-refractivity contribution >= 4 is 28.1 Å². The SMILES string of the molecule is CC(=O)N1CCC(Oc2ccc(Br)cc2C=O)CC1. The number of amides is 1. The van der Waals surface area contributed by atoms with Crippen LogP contribution in [0, 0.1) is 0 Å². The Balaban J connectivity index is 1.99. The number of ether oxygens (including phenoxy) is 1. The lowest BCUT2D eigenvalue weighted by Gasteiger charge is -2.31. The molecule has 0 bridgehead atoms. The highest BCUT2D eigenvalue weighted by Gasteiger charge is 2.22. The van der Waals surface area contributed by atoms with Crippen LogP contribution in [0.1, 0.15) is 30.1 Å². The van der Waals surface area contributed by atoms with Gasteiger partial charge >= 0.3 is 0 Å². The lowest BCUT2D eigenvalue weighted by Crippen LogP contribution is -2.40. The summed E-state index contributed by atoms with van der Waals surface area (Å²) in [6, 6.07) is 5.39. The van der Waals surface area contributed by atoms with E-state index in [0.717, 1.165) is 23.6 Å². The van der Waals surface area contributed by atoms with Crippen molar-refractivity contribution in [2.75, 3.05) is 13.1 Å². The number of rotatable bonds is 3. The molecule has 4 nitrogen and oxygen atoms in total. The fourth-order valence-electron chi connectivity index (χ4n) is 2.19. The van der Waals surface area contributed by atoms with Crippen LogP contribution in [-0.2, 0) is 4.79 Å². The summed E-state index contributed by atoms with van der Waals surface area (Å²) in [5, 5.41) is 0. The number of carbonyl (C=O) groups is 2. The van der Waals surface area contributed by atoms with Crippen LogP contribution >= 0.6 is 15.9 Å². The molecule has 1 aromatic rings. The fraction of sp³-hybridized carbons (Fsp3) is 0.429. The fourth-order valence-corrected chi connectivity index (χ4v) is 2.57. The van der Waals surface area contributed by atoms with Gasteiger partial charge in [0.25, 0.3) is 0 Å². The molecule has 0 N–H and O–H groups in total. The van der Waals surface area contributed by atoms with Gasteiger partial charge in [0.1, 0.15) is 11.9 Å². The van der Waals surface area contributed by atoms with Crippen LogP contribution in [0.25, 0.3) is 0 Å². The highest BCUT2D eigenvalue weighted by molar-refractivity contribution is 9.10. The predicted octanol–water partition coefficient (Wildman–Crippen LogP) is 2.65. The third kappa shape index (κ3) is 3.56. The van der Waals surface area contributed by atoms with Gasteiger partial charge in [-0.2, -0.15) is 0 Å². The van der Waals surface area contributed by atoms with Gasteiger partial charge in [0.2, 0.25) is 5.91 Å². The Hall–Kier alpha value is -1.36. The number of hydrogen-bond donors (Lipinski definition) is 0. The van der Waals surface area contributed by atoms with Crippen molar-refractivity contribution in [3.05, 3.63) is 28.2 Å². The second-order valence-electron chi connectivity index (χ2n) is 4.62. The molecule has 1 fully saturated rings. The number of nitrogens with zero attached hydrogens (tertiary/aromatic N) is 1. The Kier molecular flexibility index (Phi) is 4.58. The molecule has 2 rings (SSSR count). The summed E-state index contributed by atoms with van der Waals surface area (Å²) < 4.78 is 6.73. The van der Waals surface area contributed by atoms with Gasteiger partial charge in [0.15, 0.2) is 6.29 Å². The summed E-state index contributed by atoms with van der Waals surface area (Å²) in [6.45, 7) is 3.01. The van der Waals surface area contributed by atoms with Gasteiger partial charge in [-0.1, -0.05) is 15.9 Å².